The van der Waals surface area contributed by atoms with Gasteiger partial charge in [0.05, 0.1) is 0 Å². The second-order valence-corrected chi connectivity index (χ2v) is 23.5. The van der Waals surface area contributed by atoms with Crippen molar-refractivity contribution < 1.29 is 13.3 Å². The number of hydrogen-bond donors (Lipinski definition) is 0. The zero-order valence-electron chi connectivity index (χ0n) is 29.3. The molecule has 7 aromatic rings. The van der Waals surface area contributed by atoms with Crippen LogP contribution >= 0.6 is 0 Å². The van der Waals surface area contributed by atoms with Gasteiger partial charge in [0.2, 0.25) is 0 Å². The topological polar surface area (TPSA) is 27.7 Å². The molecule has 0 aliphatic heterocycles. The molecule has 7 aromatic carbocycles. The molecule has 3 nitrogen and oxygen atoms in total. The van der Waals surface area contributed by atoms with E-state index >= 15 is 0 Å². The molecule has 0 unspecified atom stereocenters. The Morgan fingerprint density at radius 2 is 0.412 bits per heavy atom. The standard InChI is InChI=1S/C45H42O3Si3/c1-49(40-22-10-4-11-23-40,41-24-12-5-13-25-41)46-37-34-38(47-50(2,42-26-14-6-15-27-42)43-28-16-7-17-29-43)36-39(35-37)48-51(3,44-30-18-8-19-31-44)45-32-20-9-21-33-45/h4-36H,1-3H3. The third-order valence-corrected chi connectivity index (χ3v) is 20.3. The molecule has 51 heavy (non-hydrogen) atoms. The summed E-state index contributed by atoms with van der Waals surface area (Å²) in [5.74, 6) is 2.16. The summed E-state index contributed by atoms with van der Waals surface area (Å²) in [7, 11) is -8.25. The average molecular weight is 715 g/mol. The fourth-order valence-electron chi connectivity index (χ4n) is 6.82. The lowest BCUT2D eigenvalue weighted by atomic mass is 10.3. The largest absolute Gasteiger partial charge is 0.535 e. The molecule has 0 radical (unpaired) electrons. The predicted molar refractivity (Wildman–Crippen MR) is 220 cm³/mol. The molecule has 0 N–H and O–H groups in total. The van der Waals surface area contributed by atoms with Crippen molar-refractivity contribution in [1.29, 1.82) is 0 Å². The van der Waals surface area contributed by atoms with Crippen LogP contribution in [0.5, 0.6) is 17.2 Å². The number of hydrogen-bond acceptors (Lipinski definition) is 3. The minimum Gasteiger partial charge on any atom is -0.535 e. The normalized spacial score (nSPS) is 11.8. The summed E-state index contributed by atoms with van der Waals surface area (Å²) in [6.07, 6.45) is 0. The molecule has 0 amide bonds. The van der Waals surface area contributed by atoms with Crippen molar-refractivity contribution >= 4 is 56.1 Å². The van der Waals surface area contributed by atoms with Crippen LogP contribution in [0.1, 0.15) is 0 Å². The van der Waals surface area contributed by atoms with Crippen molar-refractivity contribution in [2.75, 3.05) is 0 Å². The molecule has 0 spiro atoms. The van der Waals surface area contributed by atoms with Gasteiger partial charge in [0.25, 0.3) is 0 Å². The summed E-state index contributed by atoms with van der Waals surface area (Å²) in [4.78, 5) is 0. The van der Waals surface area contributed by atoms with E-state index in [2.05, 4.69) is 220 Å². The SMILES string of the molecule is C[Si](Oc1cc(O[Si](C)(c2ccccc2)c2ccccc2)cc(O[Si](C)(c2ccccc2)c2ccccc2)c1)(c1ccccc1)c1ccccc1. The van der Waals surface area contributed by atoms with Gasteiger partial charge in [-0.3, -0.25) is 0 Å². The third kappa shape index (κ3) is 7.25. The molecule has 0 bridgehead atoms. The van der Waals surface area contributed by atoms with Crippen molar-refractivity contribution in [3.63, 3.8) is 0 Å². The average Bonchev–Trinajstić information content (AvgIpc) is 3.19. The van der Waals surface area contributed by atoms with E-state index in [1.807, 2.05) is 0 Å². The summed E-state index contributed by atoms with van der Waals surface area (Å²) in [5, 5.41) is 7.11. The van der Waals surface area contributed by atoms with Crippen LogP contribution in [0.3, 0.4) is 0 Å². The molecule has 6 heteroatoms. The number of benzene rings is 7. The quantitative estimate of drug-likeness (QED) is 0.128. The second-order valence-electron chi connectivity index (χ2n) is 13.2. The molecule has 7 rings (SSSR count). The van der Waals surface area contributed by atoms with Crippen molar-refractivity contribution in [2.45, 2.75) is 19.6 Å². The lowest BCUT2D eigenvalue weighted by Crippen LogP contribution is -2.61. The number of rotatable bonds is 12. The summed E-state index contributed by atoms with van der Waals surface area (Å²) < 4.78 is 22.0. The highest BCUT2D eigenvalue weighted by Gasteiger charge is 2.40. The smallest absolute Gasteiger partial charge is 0.311 e. The Kier molecular flexibility index (Phi) is 9.90. The zero-order valence-corrected chi connectivity index (χ0v) is 32.3. The van der Waals surface area contributed by atoms with E-state index < -0.39 is 25.0 Å². The first kappa shape index (κ1) is 34.1. The van der Waals surface area contributed by atoms with Crippen LogP contribution in [-0.2, 0) is 0 Å². The van der Waals surface area contributed by atoms with E-state index in [9.17, 15) is 0 Å². The molecule has 0 saturated carbocycles. The molecular weight excluding hydrogens is 673 g/mol. The molecule has 0 saturated heterocycles. The highest BCUT2D eigenvalue weighted by molar-refractivity contribution is 6.98. The van der Waals surface area contributed by atoms with Gasteiger partial charge in [-0.2, -0.15) is 0 Å². The van der Waals surface area contributed by atoms with E-state index in [-0.39, 0.29) is 0 Å². The molecule has 0 heterocycles. The Labute approximate surface area is 305 Å². The lowest BCUT2D eigenvalue weighted by Gasteiger charge is -2.33. The molecule has 252 valence electrons. The maximum absolute atomic E-state index is 7.32. The predicted octanol–water partition coefficient (Wildman–Crippen LogP) is 6.99. The van der Waals surface area contributed by atoms with Crippen LogP contribution in [0.25, 0.3) is 0 Å². The zero-order chi connectivity index (χ0) is 35.2. The van der Waals surface area contributed by atoms with E-state index in [1.165, 1.54) is 31.1 Å². The van der Waals surface area contributed by atoms with Gasteiger partial charge in [0.15, 0.2) is 0 Å². The Hall–Kier alpha value is -5.41. The summed E-state index contributed by atoms with van der Waals surface area (Å²) in [5.41, 5.74) is 0. The van der Waals surface area contributed by atoms with Crippen LogP contribution in [-0.4, -0.2) is 25.0 Å². The van der Waals surface area contributed by atoms with Gasteiger partial charge in [-0.1, -0.05) is 182 Å². The van der Waals surface area contributed by atoms with Crippen LogP contribution in [0.2, 0.25) is 19.6 Å². The molecule has 0 fully saturated rings. The first-order chi connectivity index (χ1) is 24.9. The van der Waals surface area contributed by atoms with Gasteiger partial charge in [0.1, 0.15) is 17.2 Å². The first-order valence-electron chi connectivity index (χ1n) is 17.4. The van der Waals surface area contributed by atoms with E-state index in [1.54, 1.807) is 0 Å². The van der Waals surface area contributed by atoms with E-state index in [0.29, 0.717) is 0 Å². The Morgan fingerprint density at radius 3 is 0.569 bits per heavy atom. The van der Waals surface area contributed by atoms with E-state index in [0.717, 1.165) is 17.2 Å². The van der Waals surface area contributed by atoms with Crippen molar-refractivity contribution in [1.82, 2.24) is 0 Å². The highest BCUT2D eigenvalue weighted by atomic mass is 28.4. The van der Waals surface area contributed by atoms with Gasteiger partial charge in [-0.05, 0) is 50.8 Å². The van der Waals surface area contributed by atoms with Gasteiger partial charge in [0, 0.05) is 18.2 Å². The summed E-state index contributed by atoms with van der Waals surface area (Å²) in [6.45, 7) is 6.81. The van der Waals surface area contributed by atoms with Gasteiger partial charge in [-0.15, -0.1) is 0 Å². The Bertz CT molecular complexity index is 1770. The third-order valence-electron chi connectivity index (χ3n) is 9.77. The van der Waals surface area contributed by atoms with Crippen molar-refractivity contribution in [3.8, 4) is 17.2 Å². The fraction of sp³-hybridized carbons (Fsp3) is 0.0667. The van der Waals surface area contributed by atoms with Gasteiger partial charge < -0.3 is 13.3 Å². The molecule has 0 aromatic heterocycles. The van der Waals surface area contributed by atoms with Gasteiger partial charge >= 0.3 is 25.0 Å². The first-order valence-corrected chi connectivity index (χ1v) is 24.6. The van der Waals surface area contributed by atoms with Gasteiger partial charge in [-0.25, -0.2) is 0 Å². The molecule has 0 aliphatic rings. The van der Waals surface area contributed by atoms with Crippen LogP contribution in [0.4, 0.5) is 0 Å². The minimum atomic E-state index is -2.75. The second kappa shape index (κ2) is 14.8. The minimum absolute atomic E-state index is 0.722. The monoisotopic (exact) mass is 714 g/mol. The van der Waals surface area contributed by atoms with Crippen LogP contribution in [0, 0.1) is 0 Å². The molecule has 0 atom stereocenters. The van der Waals surface area contributed by atoms with E-state index in [4.69, 9.17) is 13.3 Å². The van der Waals surface area contributed by atoms with Crippen molar-refractivity contribution in [2.24, 2.45) is 0 Å². The maximum Gasteiger partial charge on any atom is 0.311 e. The Balaban J connectivity index is 1.39. The van der Waals surface area contributed by atoms with Crippen molar-refractivity contribution in [3.05, 3.63) is 200 Å². The highest BCUT2D eigenvalue weighted by Crippen LogP contribution is 2.33. The molecule has 0 aliphatic carbocycles. The molecular formula is C45H42O3Si3. The van der Waals surface area contributed by atoms with Crippen LogP contribution < -0.4 is 44.4 Å². The lowest BCUT2D eigenvalue weighted by molar-refractivity contribution is 0.522. The van der Waals surface area contributed by atoms with Crippen LogP contribution in [0.15, 0.2) is 200 Å². The summed E-state index contributed by atoms with van der Waals surface area (Å²) in [6, 6.07) is 69.8. The summed E-state index contributed by atoms with van der Waals surface area (Å²) >= 11 is 0. The fourth-order valence-corrected chi connectivity index (χ4v) is 15.3. The Morgan fingerprint density at radius 1 is 0.255 bits per heavy atom. The maximum atomic E-state index is 7.32.